The zero-order valence-electron chi connectivity index (χ0n) is 12.4. The van der Waals surface area contributed by atoms with Crippen LogP contribution in [0.25, 0.3) is 0 Å². The fourth-order valence-corrected chi connectivity index (χ4v) is 1.92. The molecule has 0 radical (unpaired) electrons. The van der Waals surface area contributed by atoms with Crippen molar-refractivity contribution in [1.82, 2.24) is 5.32 Å². The Morgan fingerprint density at radius 2 is 1.95 bits per heavy atom. The van der Waals surface area contributed by atoms with E-state index in [4.69, 9.17) is 14.2 Å². The molecule has 1 aromatic rings. The van der Waals surface area contributed by atoms with Gasteiger partial charge < -0.3 is 14.2 Å². The highest BCUT2D eigenvalue weighted by atomic mass is 16.5. The standard InChI is InChI=1S/C15H21NO4/c1-6-9-16-15(2,14(17)20-5)11-7-8-12(18-3)13(10-11)19-4/h6-8,10,16H,1,9H2,2-5H3. The van der Waals surface area contributed by atoms with E-state index in [1.807, 2.05) is 0 Å². The lowest BCUT2D eigenvalue weighted by Gasteiger charge is -2.28. The molecule has 0 saturated carbocycles. The zero-order chi connectivity index (χ0) is 15.2. The molecular weight excluding hydrogens is 258 g/mol. The fraction of sp³-hybridized carbons (Fsp3) is 0.400. The van der Waals surface area contributed by atoms with E-state index in [9.17, 15) is 4.79 Å². The predicted molar refractivity (Wildman–Crippen MR) is 77.1 cm³/mol. The predicted octanol–water partition coefficient (Wildman–Crippen LogP) is 1.87. The van der Waals surface area contributed by atoms with Crippen molar-refractivity contribution in [1.29, 1.82) is 0 Å². The molecule has 1 unspecified atom stereocenters. The van der Waals surface area contributed by atoms with Crippen LogP contribution in [-0.2, 0) is 15.1 Å². The molecule has 5 heteroatoms. The highest BCUT2D eigenvalue weighted by molar-refractivity contribution is 5.82. The third-order valence-corrected chi connectivity index (χ3v) is 3.15. The van der Waals surface area contributed by atoms with E-state index < -0.39 is 5.54 Å². The summed E-state index contributed by atoms with van der Waals surface area (Å²) in [7, 11) is 4.47. The van der Waals surface area contributed by atoms with Crippen molar-refractivity contribution in [3.63, 3.8) is 0 Å². The van der Waals surface area contributed by atoms with Crippen LogP contribution in [0.3, 0.4) is 0 Å². The van der Waals surface area contributed by atoms with Gasteiger partial charge in [0.05, 0.1) is 21.3 Å². The van der Waals surface area contributed by atoms with Gasteiger partial charge in [0.2, 0.25) is 0 Å². The summed E-state index contributed by atoms with van der Waals surface area (Å²) in [6.45, 7) is 5.87. The lowest BCUT2D eigenvalue weighted by molar-refractivity contribution is -0.148. The first-order chi connectivity index (χ1) is 9.53. The summed E-state index contributed by atoms with van der Waals surface area (Å²) in [5.41, 5.74) is -0.258. The molecule has 0 aliphatic heterocycles. The molecule has 0 aliphatic carbocycles. The molecule has 0 saturated heterocycles. The maximum atomic E-state index is 12.1. The molecule has 1 rings (SSSR count). The van der Waals surface area contributed by atoms with Gasteiger partial charge in [0.25, 0.3) is 0 Å². The molecule has 0 heterocycles. The quantitative estimate of drug-likeness (QED) is 0.610. The monoisotopic (exact) mass is 279 g/mol. The summed E-state index contributed by atoms with van der Waals surface area (Å²) in [4.78, 5) is 12.1. The summed E-state index contributed by atoms with van der Waals surface area (Å²) < 4.78 is 15.3. The van der Waals surface area contributed by atoms with Gasteiger partial charge >= 0.3 is 5.97 Å². The van der Waals surface area contributed by atoms with Crippen LogP contribution in [0.2, 0.25) is 0 Å². The first-order valence-electron chi connectivity index (χ1n) is 6.20. The van der Waals surface area contributed by atoms with Crippen molar-refractivity contribution < 1.29 is 19.0 Å². The number of methoxy groups -OCH3 is 3. The van der Waals surface area contributed by atoms with Gasteiger partial charge in [0.1, 0.15) is 5.54 Å². The van der Waals surface area contributed by atoms with Crippen molar-refractivity contribution in [3.05, 3.63) is 36.4 Å². The van der Waals surface area contributed by atoms with Gasteiger partial charge in [-0.1, -0.05) is 12.1 Å². The average molecular weight is 279 g/mol. The Balaban J connectivity index is 3.26. The Morgan fingerprint density at radius 1 is 1.30 bits per heavy atom. The highest BCUT2D eigenvalue weighted by Crippen LogP contribution is 2.32. The molecule has 5 nitrogen and oxygen atoms in total. The summed E-state index contributed by atoms with van der Waals surface area (Å²) in [5.74, 6) is 0.777. The van der Waals surface area contributed by atoms with Crippen LogP contribution in [0.1, 0.15) is 12.5 Å². The van der Waals surface area contributed by atoms with E-state index in [0.717, 1.165) is 5.56 Å². The fourth-order valence-electron chi connectivity index (χ4n) is 1.92. The molecule has 110 valence electrons. The molecular formula is C15H21NO4. The van der Waals surface area contributed by atoms with Crippen LogP contribution in [0.5, 0.6) is 11.5 Å². The summed E-state index contributed by atoms with van der Waals surface area (Å²) >= 11 is 0. The number of hydrogen-bond acceptors (Lipinski definition) is 5. The maximum Gasteiger partial charge on any atom is 0.330 e. The number of hydrogen-bond donors (Lipinski definition) is 1. The molecule has 1 N–H and O–H groups in total. The Hall–Kier alpha value is -2.01. The van der Waals surface area contributed by atoms with Gasteiger partial charge in [-0.2, -0.15) is 0 Å². The second kappa shape index (κ2) is 6.96. The highest BCUT2D eigenvalue weighted by Gasteiger charge is 2.36. The van der Waals surface area contributed by atoms with Crippen LogP contribution in [0.4, 0.5) is 0 Å². The number of ether oxygens (including phenoxy) is 3. The summed E-state index contributed by atoms with van der Waals surface area (Å²) in [6, 6.07) is 5.31. The summed E-state index contributed by atoms with van der Waals surface area (Å²) in [6.07, 6.45) is 1.68. The van der Waals surface area contributed by atoms with Crippen molar-refractivity contribution >= 4 is 5.97 Å². The second-order valence-corrected chi connectivity index (χ2v) is 4.36. The van der Waals surface area contributed by atoms with Crippen molar-refractivity contribution in [3.8, 4) is 11.5 Å². The van der Waals surface area contributed by atoms with Crippen LogP contribution in [0, 0.1) is 0 Å². The number of rotatable bonds is 7. The van der Waals surface area contributed by atoms with E-state index >= 15 is 0 Å². The molecule has 20 heavy (non-hydrogen) atoms. The second-order valence-electron chi connectivity index (χ2n) is 4.36. The van der Waals surface area contributed by atoms with E-state index in [2.05, 4.69) is 11.9 Å². The van der Waals surface area contributed by atoms with Gasteiger partial charge in [-0.05, 0) is 24.6 Å². The molecule has 1 aromatic carbocycles. The van der Waals surface area contributed by atoms with Crippen LogP contribution in [-0.4, -0.2) is 33.8 Å². The van der Waals surface area contributed by atoms with Gasteiger partial charge in [-0.3, -0.25) is 5.32 Å². The van der Waals surface area contributed by atoms with Crippen LogP contribution in [0.15, 0.2) is 30.9 Å². The number of esters is 1. The average Bonchev–Trinajstić information content (AvgIpc) is 2.50. The molecule has 0 spiro atoms. The SMILES string of the molecule is C=CCNC(C)(C(=O)OC)c1ccc(OC)c(OC)c1. The largest absolute Gasteiger partial charge is 0.493 e. The maximum absolute atomic E-state index is 12.1. The third kappa shape index (κ3) is 3.11. The topological polar surface area (TPSA) is 56.8 Å². The normalized spacial score (nSPS) is 13.2. The first-order valence-corrected chi connectivity index (χ1v) is 6.20. The zero-order valence-corrected chi connectivity index (χ0v) is 12.4. The van der Waals surface area contributed by atoms with E-state index in [1.54, 1.807) is 45.4 Å². The van der Waals surface area contributed by atoms with Crippen LogP contribution >= 0.6 is 0 Å². The number of nitrogens with one attached hydrogen (secondary N) is 1. The molecule has 0 bridgehead atoms. The minimum absolute atomic E-state index is 0.383. The minimum atomic E-state index is -0.984. The Morgan fingerprint density at radius 3 is 2.45 bits per heavy atom. The minimum Gasteiger partial charge on any atom is -0.493 e. The molecule has 1 atom stereocenters. The Labute approximate surface area is 119 Å². The lowest BCUT2D eigenvalue weighted by atomic mass is 9.91. The van der Waals surface area contributed by atoms with Crippen molar-refractivity contribution in [2.24, 2.45) is 0 Å². The van der Waals surface area contributed by atoms with Crippen LogP contribution < -0.4 is 14.8 Å². The van der Waals surface area contributed by atoms with Crippen molar-refractivity contribution in [2.75, 3.05) is 27.9 Å². The molecule has 0 amide bonds. The molecule has 0 fully saturated rings. The van der Waals surface area contributed by atoms with E-state index in [-0.39, 0.29) is 5.97 Å². The smallest absolute Gasteiger partial charge is 0.330 e. The van der Waals surface area contributed by atoms with E-state index in [1.165, 1.54) is 7.11 Å². The summed E-state index contributed by atoms with van der Waals surface area (Å²) in [5, 5.41) is 3.11. The first kappa shape index (κ1) is 16.0. The van der Waals surface area contributed by atoms with Gasteiger partial charge in [0.15, 0.2) is 11.5 Å². The molecule has 0 aliphatic rings. The number of benzene rings is 1. The third-order valence-electron chi connectivity index (χ3n) is 3.15. The van der Waals surface area contributed by atoms with Crippen molar-refractivity contribution in [2.45, 2.75) is 12.5 Å². The van der Waals surface area contributed by atoms with Gasteiger partial charge in [-0.25, -0.2) is 4.79 Å². The lowest BCUT2D eigenvalue weighted by Crippen LogP contribution is -2.47. The van der Waals surface area contributed by atoms with Gasteiger partial charge in [-0.15, -0.1) is 6.58 Å². The number of carbonyl (C=O) groups excluding carboxylic acids is 1. The Kier molecular flexibility index (Phi) is 5.58. The molecule has 0 aromatic heterocycles. The Bertz CT molecular complexity index is 487. The number of carbonyl (C=O) groups is 1. The van der Waals surface area contributed by atoms with E-state index in [0.29, 0.717) is 18.0 Å². The van der Waals surface area contributed by atoms with Gasteiger partial charge in [0, 0.05) is 6.54 Å².